The Kier molecular flexibility index (Phi) is 5.38. The van der Waals surface area contributed by atoms with Crippen LogP contribution in [0.25, 0.3) is 0 Å². The summed E-state index contributed by atoms with van der Waals surface area (Å²) in [5.41, 5.74) is 2.13. The summed E-state index contributed by atoms with van der Waals surface area (Å²) in [5.74, 6) is 0. The first kappa shape index (κ1) is 16.7. The zero-order valence-corrected chi connectivity index (χ0v) is 15.6. The number of benzene rings is 2. The Morgan fingerprint density at radius 2 is 1.14 bits per heavy atom. The number of non-ortho nitro benzene ring substituents is 2. The molecule has 0 aliphatic heterocycles. The third-order valence-electron chi connectivity index (χ3n) is 3.05. The van der Waals surface area contributed by atoms with Crippen LogP contribution in [0.1, 0.15) is 11.1 Å². The van der Waals surface area contributed by atoms with Crippen molar-refractivity contribution in [2.24, 2.45) is 0 Å². The minimum absolute atomic E-state index is 0.0879. The van der Waals surface area contributed by atoms with Gasteiger partial charge < -0.3 is 0 Å². The summed E-state index contributed by atoms with van der Waals surface area (Å²) in [6.45, 7) is 3.78. The Bertz CT molecular complexity index is 725. The van der Waals surface area contributed by atoms with Gasteiger partial charge in [-0.05, 0) is 0 Å². The fourth-order valence-electron chi connectivity index (χ4n) is 1.84. The molecule has 0 saturated heterocycles. The molecule has 0 heterocycles. The third kappa shape index (κ3) is 3.96. The van der Waals surface area contributed by atoms with Crippen LogP contribution in [-0.4, -0.2) is 36.1 Å². The van der Waals surface area contributed by atoms with Crippen molar-refractivity contribution >= 4 is 46.4 Å². The van der Waals surface area contributed by atoms with Crippen LogP contribution < -0.4 is 8.70 Å². The Labute approximate surface area is 137 Å². The van der Waals surface area contributed by atoms with Crippen molar-refractivity contribution in [1.29, 1.82) is 0 Å². The summed E-state index contributed by atoms with van der Waals surface area (Å²) >= 11 is -0.176. The van der Waals surface area contributed by atoms with E-state index < -0.39 is 0 Å². The second-order valence-electron chi connectivity index (χ2n) is 4.66. The number of hydrogen-bond acceptors (Lipinski definition) is 4. The molecule has 0 aliphatic rings. The molecule has 0 aromatic heterocycles. The molecule has 0 spiro atoms. The van der Waals surface area contributed by atoms with E-state index in [9.17, 15) is 20.2 Å². The molecule has 0 saturated carbocycles. The molecule has 0 atom stereocenters. The van der Waals surface area contributed by atoms with E-state index in [0.29, 0.717) is 0 Å². The van der Waals surface area contributed by atoms with Gasteiger partial charge in [0.1, 0.15) is 0 Å². The fraction of sp³-hybridized carbons (Fsp3) is 0.143. The van der Waals surface area contributed by atoms with Crippen molar-refractivity contribution < 1.29 is 9.85 Å². The van der Waals surface area contributed by atoms with Crippen LogP contribution in [0.15, 0.2) is 36.4 Å². The molecular formula is C14H12As2N2O4. The Morgan fingerprint density at radius 1 is 0.773 bits per heavy atom. The molecule has 22 heavy (non-hydrogen) atoms. The van der Waals surface area contributed by atoms with Crippen molar-refractivity contribution in [2.45, 2.75) is 13.8 Å². The maximum atomic E-state index is 10.7. The zero-order valence-electron chi connectivity index (χ0n) is 11.9. The van der Waals surface area contributed by atoms with Gasteiger partial charge in [-0.3, -0.25) is 0 Å². The second kappa shape index (κ2) is 7.08. The van der Waals surface area contributed by atoms with Crippen LogP contribution in [0, 0.1) is 34.1 Å². The van der Waals surface area contributed by atoms with Crippen LogP contribution in [0.5, 0.6) is 0 Å². The van der Waals surface area contributed by atoms with E-state index in [1.54, 1.807) is 24.3 Å². The predicted octanol–water partition coefficient (Wildman–Crippen LogP) is 1.39. The number of rotatable bonds is 4. The van der Waals surface area contributed by atoms with Crippen LogP contribution in [0.2, 0.25) is 0 Å². The molecule has 2 aromatic carbocycles. The first-order chi connectivity index (χ1) is 10.4. The minimum atomic E-state index is -0.387. The van der Waals surface area contributed by atoms with E-state index in [4.69, 9.17) is 0 Å². The third-order valence-corrected chi connectivity index (χ3v) is 12.1. The Balaban J connectivity index is 2.29. The molecular weight excluding hydrogens is 410 g/mol. The number of hydrogen-bond donors (Lipinski definition) is 0. The van der Waals surface area contributed by atoms with E-state index in [0.717, 1.165) is 11.1 Å². The van der Waals surface area contributed by atoms with Crippen LogP contribution >= 0.6 is 0 Å². The van der Waals surface area contributed by atoms with E-state index in [-0.39, 0.29) is 47.5 Å². The Morgan fingerprint density at radius 3 is 1.41 bits per heavy atom. The summed E-state index contributed by atoms with van der Waals surface area (Å²) in [5, 5.41) is 21.5. The zero-order chi connectivity index (χ0) is 16.3. The first-order valence-electron chi connectivity index (χ1n) is 6.30. The molecule has 0 bridgehead atoms. The molecule has 2 rings (SSSR count). The van der Waals surface area contributed by atoms with Gasteiger partial charge in [-0.1, -0.05) is 0 Å². The van der Waals surface area contributed by atoms with Crippen molar-refractivity contribution in [1.82, 2.24) is 0 Å². The monoisotopic (exact) mass is 422 g/mol. The van der Waals surface area contributed by atoms with E-state index >= 15 is 0 Å². The normalized spacial score (nSPS) is 10.8. The number of nitro benzene ring substituents is 2. The van der Waals surface area contributed by atoms with Crippen LogP contribution in [-0.2, 0) is 0 Å². The van der Waals surface area contributed by atoms with E-state index in [2.05, 4.69) is 0 Å². The average molecular weight is 422 g/mol. The summed E-state index contributed by atoms with van der Waals surface area (Å²) in [4.78, 5) is 20.7. The first-order valence-corrected chi connectivity index (χ1v) is 13.4. The summed E-state index contributed by atoms with van der Waals surface area (Å²) in [6, 6.07) is 9.97. The number of nitrogens with zero attached hydrogens (tertiary/aromatic N) is 2. The maximum absolute atomic E-state index is 10.7. The van der Waals surface area contributed by atoms with Gasteiger partial charge in [0.25, 0.3) is 0 Å². The topological polar surface area (TPSA) is 86.3 Å². The van der Waals surface area contributed by atoms with Crippen LogP contribution in [0.3, 0.4) is 0 Å². The van der Waals surface area contributed by atoms with Crippen LogP contribution in [0.4, 0.5) is 11.4 Å². The molecule has 0 radical (unpaired) electrons. The molecule has 112 valence electrons. The molecule has 8 heteroatoms. The van der Waals surface area contributed by atoms with Crippen molar-refractivity contribution in [3.05, 3.63) is 67.8 Å². The fourth-order valence-corrected chi connectivity index (χ4v) is 11.1. The van der Waals surface area contributed by atoms with Crippen molar-refractivity contribution in [3.63, 3.8) is 0 Å². The van der Waals surface area contributed by atoms with Gasteiger partial charge in [0.2, 0.25) is 0 Å². The van der Waals surface area contributed by atoms with Crippen molar-refractivity contribution in [2.75, 3.05) is 0 Å². The molecule has 2 aromatic rings. The summed E-state index contributed by atoms with van der Waals surface area (Å²) < 4.78 is 2.36. The number of aryl methyl sites for hydroxylation is 2. The van der Waals surface area contributed by atoms with Gasteiger partial charge in [0.05, 0.1) is 0 Å². The second-order valence-corrected chi connectivity index (χ2v) is 11.9. The summed E-state index contributed by atoms with van der Waals surface area (Å²) in [6.07, 6.45) is 0. The Hall–Kier alpha value is -1.64. The molecule has 0 N–H and O–H groups in total. The molecule has 0 amide bonds. The molecule has 6 nitrogen and oxygen atoms in total. The van der Waals surface area contributed by atoms with Gasteiger partial charge in [0.15, 0.2) is 0 Å². The average Bonchev–Trinajstić information content (AvgIpc) is 2.46. The van der Waals surface area contributed by atoms with Gasteiger partial charge in [-0.2, -0.15) is 0 Å². The predicted molar refractivity (Wildman–Crippen MR) is 86.4 cm³/mol. The number of nitro groups is 2. The van der Waals surface area contributed by atoms with Gasteiger partial charge in [-0.15, -0.1) is 0 Å². The summed E-state index contributed by atoms with van der Waals surface area (Å²) in [7, 11) is 0. The molecule has 0 fully saturated rings. The SMILES string of the molecule is Cc1cc([N+](=O)[O-])ccc1[As]=[As]c1ccc([N+](=O)[O-])cc1C. The van der Waals surface area contributed by atoms with E-state index in [1.807, 2.05) is 26.0 Å². The molecule has 0 aliphatic carbocycles. The van der Waals surface area contributed by atoms with Crippen molar-refractivity contribution in [3.8, 4) is 0 Å². The quantitative estimate of drug-likeness (QED) is 0.424. The van der Waals surface area contributed by atoms with Gasteiger partial charge in [0, 0.05) is 0 Å². The van der Waals surface area contributed by atoms with Gasteiger partial charge >= 0.3 is 138 Å². The van der Waals surface area contributed by atoms with Gasteiger partial charge in [-0.25, -0.2) is 0 Å². The van der Waals surface area contributed by atoms with E-state index in [1.165, 1.54) is 8.70 Å². The molecule has 0 unspecified atom stereocenters. The standard InChI is InChI=1S/C14H12As2N2O4/c1-9-7-11(17(19)20)3-5-13(9)15-16-14-6-4-12(18(21)22)8-10(14)2/h3-8H,1-2H3.